The second-order valence-electron chi connectivity index (χ2n) is 6.15. The highest BCUT2D eigenvalue weighted by Gasteiger charge is 2.25. The zero-order chi connectivity index (χ0) is 14.7. The van der Waals surface area contributed by atoms with Crippen LogP contribution in [0.5, 0.6) is 5.75 Å². The van der Waals surface area contributed by atoms with E-state index in [1.54, 1.807) is 13.2 Å². The van der Waals surface area contributed by atoms with Gasteiger partial charge in [0.1, 0.15) is 6.10 Å². The third kappa shape index (κ3) is 3.95. The van der Waals surface area contributed by atoms with Gasteiger partial charge in [-0.1, -0.05) is 12.1 Å². The van der Waals surface area contributed by atoms with Gasteiger partial charge in [-0.3, -0.25) is 0 Å². The van der Waals surface area contributed by atoms with Gasteiger partial charge in [0.25, 0.3) is 0 Å². The van der Waals surface area contributed by atoms with Crippen LogP contribution >= 0.6 is 0 Å². The summed E-state index contributed by atoms with van der Waals surface area (Å²) in [6.45, 7) is 0.679. The van der Waals surface area contributed by atoms with Crippen LogP contribution < -0.4 is 10.1 Å². The summed E-state index contributed by atoms with van der Waals surface area (Å²) < 4.78 is 25.6. The van der Waals surface area contributed by atoms with Crippen LogP contribution in [0.3, 0.4) is 0 Å². The fourth-order valence-corrected chi connectivity index (χ4v) is 2.96. The molecule has 116 valence electrons. The lowest BCUT2D eigenvalue weighted by molar-refractivity contribution is 0.0194. The van der Waals surface area contributed by atoms with E-state index in [1.807, 2.05) is 6.07 Å². The fraction of sp³-hybridized carbons (Fsp3) is 0.647. The molecule has 3 rings (SSSR count). The first-order chi connectivity index (χ1) is 10.3. The van der Waals surface area contributed by atoms with E-state index in [4.69, 9.17) is 9.47 Å². The van der Waals surface area contributed by atoms with Crippen molar-refractivity contribution in [1.82, 2.24) is 5.32 Å². The number of methoxy groups -OCH3 is 1. The molecule has 0 saturated heterocycles. The molecule has 2 aliphatic carbocycles. The van der Waals surface area contributed by atoms with Gasteiger partial charge in [-0.05, 0) is 38.2 Å². The lowest BCUT2D eigenvalue weighted by atomic mass is 9.95. The van der Waals surface area contributed by atoms with Crippen molar-refractivity contribution in [3.8, 4) is 5.75 Å². The van der Waals surface area contributed by atoms with Crippen LogP contribution in [0.25, 0.3) is 0 Å². The Labute approximate surface area is 125 Å². The normalized spacial score (nSPS) is 25.8. The molecule has 2 aliphatic rings. The van der Waals surface area contributed by atoms with Gasteiger partial charge in [-0.2, -0.15) is 0 Å². The van der Waals surface area contributed by atoms with Crippen LogP contribution in [-0.2, 0) is 11.3 Å². The second kappa shape index (κ2) is 6.75. The summed E-state index contributed by atoms with van der Waals surface area (Å²) in [6, 6.07) is 5.79. The van der Waals surface area contributed by atoms with Gasteiger partial charge in [0, 0.05) is 31.7 Å². The van der Waals surface area contributed by atoms with Crippen LogP contribution in [0.4, 0.5) is 4.39 Å². The number of hydrogen-bond acceptors (Lipinski definition) is 3. The molecule has 3 nitrogen and oxygen atoms in total. The Morgan fingerprint density at radius 1 is 1.19 bits per heavy atom. The molecular formula is C17H24FNO2. The van der Waals surface area contributed by atoms with E-state index in [1.165, 1.54) is 18.9 Å². The molecule has 0 spiro atoms. The smallest absolute Gasteiger partial charge is 0.165 e. The van der Waals surface area contributed by atoms with Crippen molar-refractivity contribution in [2.75, 3.05) is 7.11 Å². The summed E-state index contributed by atoms with van der Waals surface area (Å²) in [5.74, 6) is 0.164. The molecule has 1 N–H and O–H groups in total. The Morgan fingerprint density at radius 3 is 2.76 bits per heavy atom. The number of nitrogens with one attached hydrogen (secondary N) is 1. The van der Waals surface area contributed by atoms with Crippen molar-refractivity contribution in [2.24, 2.45) is 0 Å². The molecule has 1 aromatic rings. The maximum atomic E-state index is 14.1. The number of hydrogen-bond donors (Lipinski definition) is 1. The molecule has 0 aromatic heterocycles. The minimum atomic E-state index is -0.260. The number of ether oxygens (including phenoxy) is 2. The van der Waals surface area contributed by atoms with Gasteiger partial charge in [-0.25, -0.2) is 4.39 Å². The predicted molar refractivity (Wildman–Crippen MR) is 79.9 cm³/mol. The van der Waals surface area contributed by atoms with Crippen LogP contribution in [0, 0.1) is 5.82 Å². The average molecular weight is 293 g/mol. The van der Waals surface area contributed by atoms with E-state index in [9.17, 15) is 4.39 Å². The summed E-state index contributed by atoms with van der Waals surface area (Å²) in [5.41, 5.74) is 0.918. The van der Waals surface area contributed by atoms with Gasteiger partial charge in [0.15, 0.2) is 11.6 Å². The monoisotopic (exact) mass is 293 g/mol. The highest BCUT2D eigenvalue weighted by molar-refractivity contribution is 5.35. The number of halogens is 1. The third-order valence-electron chi connectivity index (χ3n) is 4.40. The van der Waals surface area contributed by atoms with E-state index in [2.05, 4.69) is 5.32 Å². The summed E-state index contributed by atoms with van der Waals surface area (Å²) >= 11 is 0. The molecule has 0 amide bonds. The Kier molecular flexibility index (Phi) is 4.76. The van der Waals surface area contributed by atoms with Gasteiger partial charge in [-0.15, -0.1) is 0 Å². The quantitative estimate of drug-likeness (QED) is 0.872. The summed E-state index contributed by atoms with van der Waals surface area (Å²) in [6.07, 6.45) is 6.72. The van der Waals surface area contributed by atoms with Crippen LogP contribution in [-0.4, -0.2) is 25.4 Å². The zero-order valence-electron chi connectivity index (χ0n) is 12.6. The number of benzene rings is 1. The molecule has 1 aromatic carbocycles. The van der Waals surface area contributed by atoms with Crippen molar-refractivity contribution >= 4 is 0 Å². The van der Waals surface area contributed by atoms with E-state index >= 15 is 0 Å². The minimum Gasteiger partial charge on any atom is -0.487 e. The highest BCUT2D eigenvalue weighted by Crippen LogP contribution is 2.30. The first kappa shape index (κ1) is 14.8. The Hall–Kier alpha value is -1.13. The molecule has 2 fully saturated rings. The summed E-state index contributed by atoms with van der Waals surface area (Å²) in [7, 11) is 1.74. The molecule has 2 unspecified atom stereocenters. The first-order valence-corrected chi connectivity index (χ1v) is 7.96. The van der Waals surface area contributed by atoms with Crippen molar-refractivity contribution in [2.45, 2.75) is 63.3 Å². The summed E-state index contributed by atoms with van der Waals surface area (Å²) in [5, 5.41) is 3.43. The zero-order valence-corrected chi connectivity index (χ0v) is 12.6. The van der Waals surface area contributed by atoms with E-state index in [0.29, 0.717) is 18.3 Å². The number of rotatable bonds is 6. The van der Waals surface area contributed by atoms with Crippen molar-refractivity contribution < 1.29 is 13.9 Å². The molecule has 2 saturated carbocycles. The number of para-hydroxylation sites is 1. The van der Waals surface area contributed by atoms with Crippen LogP contribution in [0.15, 0.2) is 18.2 Å². The lowest BCUT2D eigenvalue weighted by Gasteiger charge is -2.29. The maximum Gasteiger partial charge on any atom is 0.165 e. The largest absolute Gasteiger partial charge is 0.487 e. The SMILES string of the molecule is COC1CCCC(Oc2c(F)cccc2CNC2CC2)C1. The molecule has 0 aliphatic heterocycles. The van der Waals surface area contributed by atoms with Gasteiger partial charge < -0.3 is 14.8 Å². The maximum absolute atomic E-state index is 14.1. The highest BCUT2D eigenvalue weighted by atomic mass is 19.1. The fourth-order valence-electron chi connectivity index (χ4n) is 2.96. The van der Waals surface area contributed by atoms with Crippen LogP contribution in [0.1, 0.15) is 44.1 Å². The Morgan fingerprint density at radius 2 is 2.00 bits per heavy atom. The minimum absolute atomic E-state index is 0.0558. The molecular weight excluding hydrogens is 269 g/mol. The summed E-state index contributed by atoms with van der Waals surface area (Å²) in [4.78, 5) is 0. The predicted octanol–water partition coefficient (Wildman–Crippen LogP) is 3.41. The molecule has 0 bridgehead atoms. The van der Waals surface area contributed by atoms with E-state index in [0.717, 1.165) is 31.2 Å². The third-order valence-corrected chi connectivity index (χ3v) is 4.40. The van der Waals surface area contributed by atoms with Gasteiger partial charge >= 0.3 is 0 Å². The standard InChI is InChI=1S/C17H24FNO2/c1-20-14-5-3-6-15(10-14)21-17-12(4-2-7-16(17)18)11-19-13-8-9-13/h2,4,7,13-15,19H,3,5-6,8-11H2,1H3. The molecule has 0 radical (unpaired) electrons. The van der Waals surface area contributed by atoms with E-state index < -0.39 is 0 Å². The van der Waals surface area contributed by atoms with Crippen molar-refractivity contribution in [3.05, 3.63) is 29.6 Å². The van der Waals surface area contributed by atoms with Crippen molar-refractivity contribution in [3.63, 3.8) is 0 Å². The van der Waals surface area contributed by atoms with Gasteiger partial charge in [0.05, 0.1) is 6.10 Å². The molecule has 21 heavy (non-hydrogen) atoms. The van der Waals surface area contributed by atoms with Crippen LogP contribution in [0.2, 0.25) is 0 Å². The topological polar surface area (TPSA) is 30.5 Å². The molecule has 2 atom stereocenters. The average Bonchev–Trinajstić information content (AvgIpc) is 3.32. The first-order valence-electron chi connectivity index (χ1n) is 7.96. The molecule has 4 heteroatoms. The Balaban J connectivity index is 1.67. The van der Waals surface area contributed by atoms with E-state index in [-0.39, 0.29) is 18.0 Å². The van der Waals surface area contributed by atoms with Gasteiger partial charge in [0.2, 0.25) is 0 Å². The van der Waals surface area contributed by atoms with Crippen molar-refractivity contribution in [1.29, 1.82) is 0 Å². The lowest BCUT2D eigenvalue weighted by Crippen LogP contribution is -2.30. The second-order valence-corrected chi connectivity index (χ2v) is 6.15. The Bertz CT molecular complexity index is 476. The molecule has 0 heterocycles.